The fraction of sp³-hybridized carbons (Fsp3) is 0.343. The molecule has 0 aliphatic heterocycles. The maximum Gasteiger partial charge on any atom is 0.319 e. The van der Waals surface area contributed by atoms with Crippen LogP contribution in [0, 0.1) is 0 Å². The van der Waals surface area contributed by atoms with Crippen LogP contribution in [0.4, 0.5) is 16.4 Å². The fourth-order valence-electron chi connectivity index (χ4n) is 5.63. The Labute approximate surface area is 260 Å². The molecule has 5 rings (SSSR count). The van der Waals surface area contributed by atoms with E-state index in [1.807, 2.05) is 36.5 Å². The van der Waals surface area contributed by atoms with E-state index in [2.05, 4.69) is 76.3 Å². The largest absolute Gasteiger partial charge is 0.497 e. The summed E-state index contributed by atoms with van der Waals surface area (Å²) in [5, 5.41) is 9.28. The Bertz CT molecular complexity index is 1560. The molecule has 0 fully saturated rings. The summed E-state index contributed by atoms with van der Waals surface area (Å²) in [6, 6.07) is 22.0. The van der Waals surface area contributed by atoms with Gasteiger partial charge in [-0.15, -0.1) is 0 Å². The van der Waals surface area contributed by atoms with Crippen LogP contribution in [0.15, 0.2) is 72.9 Å². The number of hydrogen-bond acceptors (Lipinski definition) is 7. The summed E-state index contributed by atoms with van der Waals surface area (Å²) in [7, 11) is 7.46. The van der Waals surface area contributed by atoms with E-state index in [-0.39, 0.29) is 11.9 Å². The average molecular weight is 595 g/mol. The van der Waals surface area contributed by atoms with Gasteiger partial charge in [0.2, 0.25) is 5.95 Å². The summed E-state index contributed by atoms with van der Waals surface area (Å²) in [6.07, 6.45) is 5.61. The van der Waals surface area contributed by atoms with Crippen LogP contribution in [0.25, 0.3) is 11.3 Å². The number of urea groups is 1. The molecule has 9 heteroatoms. The molecule has 1 unspecified atom stereocenters. The highest BCUT2D eigenvalue weighted by Gasteiger charge is 2.27. The number of ether oxygens (including phenoxy) is 2. The summed E-state index contributed by atoms with van der Waals surface area (Å²) >= 11 is 0. The number of benzene rings is 3. The molecule has 0 bridgehead atoms. The van der Waals surface area contributed by atoms with Crippen LogP contribution in [0.2, 0.25) is 0 Å². The molecule has 9 nitrogen and oxygen atoms in total. The van der Waals surface area contributed by atoms with Gasteiger partial charge in [-0.3, -0.25) is 0 Å². The number of amides is 2. The van der Waals surface area contributed by atoms with Gasteiger partial charge in [0.1, 0.15) is 11.5 Å². The smallest absolute Gasteiger partial charge is 0.319 e. The van der Waals surface area contributed by atoms with Crippen molar-refractivity contribution in [2.75, 3.05) is 58.6 Å². The second kappa shape index (κ2) is 14.7. The third kappa shape index (κ3) is 7.65. The lowest BCUT2D eigenvalue weighted by Gasteiger charge is -2.27. The Morgan fingerprint density at radius 3 is 2.57 bits per heavy atom. The summed E-state index contributed by atoms with van der Waals surface area (Å²) in [5.41, 5.74) is 7.43. The van der Waals surface area contributed by atoms with E-state index in [4.69, 9.17) is 14.5 Å². The molecule has 0 radical (unpaired) electrons. The first kappa shape index (κ1) is 30.8. The minimum absolute atomic E-state index is 0.174. The zero-order chi connectivity index (χ0) is 30.9. The van der Waals surface area contributed by atoms with Gasteiger partial charge in [-0.05, 0) is 98.9 Å². The van der Waals surface area contributed by atoms with Crippen LogP contribution in [-0.2, 0) is 12.8 Å². The average Bonchev–Trinajstić information content (AvgIpc) is 3.04. The van der Waals surface area contributed by atoms with E-state index >= 15 is 0 Å². The second-order valence-corrected chi connectivity index (χ2v) is 11.3. The molecule has 4 aromatic rings. The first-order valence-corrected chi connectivity index (χ1v) is 15.1. The van der Waals surface area contributed by atoms with Crippen molar-refractivity contribution in [2.24, 2.45) is 0 Å². The number of carbonyl (C=O) groups is 1. The minimum atomic E-state index is -0.254. The normalized spacial score (nSPS) is 13.5. The number of carbonyl (C=O) groups excluding carboxylic acids is 1. The van der Waals surface area contributed by atoms with E-state index in [9.17, 15) is 4.79 Å². The van der Waals surface area contributed by atoms with Gasteiger partial charge in [-0.2, -0.15) is 0 Å². The van der Waals surface area contributed by atoms with Crippen molar-refractivity contribution in [1.29, 1.82) is 0 Å². The number of nitrogens with one attached hydrogen (secondary N) is 3. The number of nitrogens with zero attached hydrogens (tertiary/aromatic N) is 3. The molecule has 1 atom stereocenters. The highest BCUT2D eigenvalue weighted by atomic mass is 16.5. The summed E-state index contributed by atoms with van der Waals surface area (Å²) < 4.78 is 10.8. The Kier molecular flexibility index (Phi) is 10.3. The minimum Gasteiger partial charge on any atom is -0.497 e. The second-order valence-electron chi connectivity index (χ2n) is 11.3. The number of rotatable bonds is 13. The lowest BCUT2D eigenvalue weighted by Crippen LogP contribution is -2.30. The number of methoxy groups -OCH3 is 2. The van der Waals surface area contributed by atoms with Crippen LogP contribution >= 0.6 is 0 Å². The van der Waals surface area contributed by atoms with Gasteiger partial charge < -0.3 is 30.3 Å². The van der Waals surface area contributed by atoms with Crippen molar-refractivity contribution >= 4 is 17.7 Å². The van der Waals surface area contributed by atoms with Gasteiger partial charge in [-0.25, -0.2) is 14.8 Å². The maximum absolute atomic E-state index is 12.6. The molecular weight excluding hydrogens is 552 g/mol. The number of anilines is 2. The van der Waals surface area contributed by atoms with Crippen molar-refractivity contribution in [2.45, 2.75) is 31.6 Å². The summed E-state index contributed by atoms with van der Waals surface area (Å²) in [6.45, 7) is 2.39. The van der Waals surface area contributed by atoms with Crippen molar-refractivity contribution in [3.63, 3.8) is 0 Å². The molecule has 1 aromatic heterocycles. The molecule has 0 spiro atoms. The molecule has 230 valence electrons. The molecule has 1 heterocycles. The van der Waals surface area contributed by atoms with Crippen molar-refractivity contribution in [3.8, 4) is 22.8 Å². The zero-order valence-corrected chi connectivity index (χ0v) is 26.0. The molecule has 44 heavy (non-hydrogen) atoms. The topological polar surface area (TPSA) is 101 Å². The van der Waals surface area contributed by atoms with Crippen molar-refractivity contribution in [1.82, 2.24) is 20.2 Å². The van der Waals surface area contributed by atoms with Crippen LogP contribution in [-0.4, -0.2) is 68.8 Å². The van der Waals surface area contributed by atoms with Crippen LogP contribution in [0.5, 0.6) is 11.5 Å². The molecular formula is C35H42N6O3. The van der Waals surface area contributed by atoms with Crippen molar-refractivity contribution < 1.29 is 14.3 Å². The fourth-order valence-corrected chi connectivity index (χ4v) is 5.63. The lowest BCUT2D eigenvalue weighted by atomic mass is 9.78. The van der Waals surface area contributed by atoms with E-state index < -0.39 is 0 Å². The Hall–Kier alpha value is -4.63. The quantitative estimate of drug-likeness (QED) is 0.164. The van der Waals surface area contributed by atoms with E-state index in [1.165, 1.54) is 11.1 Å². The van der Waals surface area contributed by atoms with Gasteiger partial charge in [0.25, 0.3) is 0 Å². The van der Waals surface area contributed by atoms with E-state index in [0.717, 1.165) is 71.9 Å². The first-order chi connectivity index (χ1) is 21.4. The van der Waals surface area contributed by atoms with Gasteiger partial charge in [0.05, 0.1) is 19.9 Å². The van der Waals surface area contributed by atoms with Crippen molar-refractivity contribution in [3.05, 3.63) is 95.2 Å². The maximum atomic E-state index is 12.6. The molecule has 3 aromatic carbocycles. The Balaban J connectivity index is 1.20. The summed E-state index contributed by atoms with van der Waals surface area (Å²) in [5.74, 6) is 2.38. The van der Waals surface area contributed by atoms with Crippen LogP contribution < -0.4 is 25.4 Å². The third-order valence-corrected chi connectivity index (χ3v) is 7.93. The Morgan fingerprint density at radius 1 is 0.977 bits per heavy atom. The predicted octanol–water partition coefficient (Wildman–Crippen LogP) is 5.97. The van der Waals surface area contributed by atoms with Crippen LogP contribution in [0.3, 0.4) is 0 Å². The monoisotopic (exact) mass is 594 g/mol. The molecule has 1 aliphatic rings. The Morgan fingerprint density at radius 2 is 1.80 bits per heavy atom. The standard InChI is InChI=1S/C35H42N6O3/c1-41(2)20-8-7-18-36-34-38-23-26-22-31(29-9-5-6-10-30(29)33(26)40-34)24-11-13-27(14-12-24)39-35(42)37-19-17-25-21-28(43-3)15-16-32(25)44-4/h5-6,9-16,21,23,31H,7-8,17-20,22H2,1-4H3,(H,36,38,40)(H2,37,39,42). The first-order valence-electron chi connectivity index (χ1n) is 15.1. The lowest BCUT2D eigenvalue weighted by molar-refractivity contribution is 0.252. The predicted molar refractivity (Wildman–Crippen MR) is 176 cm³/mol. The van der Waals surface area contributed by atoms with E-state index in [1.54, 1.807) is 14.2 Å². The molecule has 1 aliphatic carbocycles. The number of fused-ring (bicyclic) bond motifs is 3. The number of aromatic nitrogens is 2. The highest BCUT2D eigenvalue weighted by Crippen LogP contribution is 2.42. The number of hydrogen-bond donors (Lipinski definition) is 3. The zero-order valence-electron chi connectivity index (χ0n) is 26.0. The highest BCUT2D eigenvalue weighted by molar-refractivity contribution is 5.89. The van der Waals surface area contributed by atoms with Crippen LogP contribution in [0.1, 0.15) is 41.0 Å². The molecule has 0 saturated carbocycles. The third-order valence-electron chi connectivity index (χ3n) is 7.93. The number of unbranched alkanes of at least 4 members (excludes halogenated alkanes) is 1. The van der Waals surface area contributed by atoms with Gasteiger partial charge in [0.15, 0.2) is 0 Å². The molecule has 0 saturated heterocycles. The van der Waals surface area contributed by atoms with Gasteiger partial charge in [0, 0.05) is 36.5 Å². The summed E-state index contributed by atoms with van der Waals surface area (Å²) in [4.78, 5) is 24.4. The van der Waals surface area contributed by atoms with Gasteiger partial charge in [-0.1, -0.05) is 36.4 Å². The molecule has 2 amide bonds. The SMILES string of the molecule is COc1ccc(OC)c(CCNC(=O)Nc2ccc(C3Cc4cnc(NCCCCN(C)C)nc4-c4ccccc43)cc2)c1. The van der Waals surface area contributed by atoms with E-state index in [0.29, 0.717) is 18.9 Å². The molecule has 3 N–H and O–H groups in total. The van der Waals surface area contributed by atoms with Gasteiger partial charge >= 0.3 is 6.03 Å².